The summed E-state index contributed by atoms with van der Waals surface area (Å²) in [5, 5.41) is 7.37. The van der Waals surface area contributed by atoms with Crippen LogP contribution in [0.1, 0.15) is 26.2 Å². The van der Waals surface area contributed by atoms with Gasteiger partial charge in [-0.05, 0) is 28.8 Å². The van der Waals surface area contributed by atoms with E-state index in [9.17, 15) is 4.79 Å². The second kappa shape index (κ2) is 10.8. The van der Waals surface area contributed by atoms with Crippen LogP contribution in [0.25, 0.3) is 0 Å². The van der Waals surface area contributed by atoms with Crippen molar-refractivity contribution in [1.29, 1.82) is 0 Å². The van der Waals surface area contributed by atoms with E-state index in [0.29, 0.717) is 30.8 Å². The normalized spacial score (nSPS) is 10.8. The molecule has 0 aliphatic rings. The highest BCUT2D eigenvalue weighted by atomic mass is 79.9. The fraction of sp³-hybridized carbons (Fsp3) is 0.714. The third-order valence-electron chi connectivity index (χ3n) is 2.92. The van der Waals surface area contributed by atoms with Crippen LogP contribution in [0, 0.1) is 0 Å². The molecule has 1 aromatic rings. The predicted octanol–water partition coefficient (Wildman–Crippen LogP) is 2.27. The fourth-order valence-corrected chi connectivity index (χ4v) is 2.14. The Morgan fingerprint density at radius 3 is 2.86 bits per heavy atom. The largest absolute Gasteiger partial charge is 0.383 e. The van der Waals surface area contributed by atoms with Gasteiger partial charge < -0.3 is 14.8 Å². The molecule has 0 amide bonds. The minimum Gasteiger partial charge on any atom is -0.383 e. The molecule has 1 rings (SSSR count). The first-order valence-corrected chi connectivity index (χ1v) is 8.06. The van der Waals surface area contributed by atoms with Crippen molar-refractivity contribution in [1.82, 2.24) is 9.78 Å². The first kappa shape index (κ1) is 18.1. The maximum atomic E-state index is 12.1. The monoisotopic (exact) mass is 361 g/mol. The zero-order chi connectivity index (χ0) is 15.5. The molecule has 0 aliphatic carbocycles. The fourth-order valence-electron chi connectivity index (χ4n) is 1.70. The first-order valence-electron chi connectivity index (χ1n) is 7.26. The lowest BCUT2D eigenvalue weighted by Crippen LogP contribution is -2.24. The zero-order valence-corrected chi connectivity index (χ0v) is 14.3. The second-order valence-corrected chi connectivity index (χ2v) is 5.43. The van der Waals surface area contributed by atoms with Crippen LogP contribution in [0.5, 0.6) is 0 Å². The molecule has 6 nitrogen and oxygen atoms in total. The summed E-state index contributed by atoms with van der Waals surface area (Å²) in [5.41, 5.74) is 0.634. The zero-order valence-electron chi connectivity index (χ0n) is 12.7. The number of methoxy groups -OCH3 is 1. The van der Waals surface area contributed by atoms with Crippen LogP contribution in [-0.4, -0.2) is 43.3 Å². The molecule has 1 aromatic heterocycles. The van der Waals surface area contributed by atoms with Gasteiger partial charge in [0.1, 0.15) is 4.47 Å². The average molecular weight is 362 g/mol. The molecule has 0 aromatic carbocycles. The highest BCUT2D eigenvalue weighted by Gasteiger charge is 2.07. The lowest BCUT2D eigenvalue weighted by Gasteiger charge is -2.10. The molecule has 120 valence electrons. The molecule has 0 saturated heterocycles. The second-order valence-electron chi connectivity index (χ2n) is 4.64. The minimum absolute atomic E-state index is 0.0928. The summed E-state index contributed by atoms with van der Waals surface area (Å²) < 4.78 is 12.3. The molecular weight excluding hydrogens is 338 g/mol. The van der Waals surface area contributed by atoms with Crippen molar-refractivity contribution in [2.75, 3.05) is 38.8 Å². The van der Waals surface area contributed by atoms with Crippen LogP contribution in [0.3, 0.4) is 0 Å². The van der Waals surface area contributed by atoms with Crippen molar-refractivity contribution >= 4 is 21.6 Å². The Balaban J connectivity index is 2.38. The highest BCUT2D eigenvalue weighted by molar-refractivity contribution is 9.10. The van der Waals surface area contributed by atoms with E-state index in [1.54, 1.807) is 13.3 Å². The number of nitrogens with one attached hydrogen (secondary N) is 1. The Hall–Kier alpha value is -0.920. The van der Waals surface area contributed by atoms with Gasteiger partial charge in [0, 0.05) is 26.8 Å². The number of nitrogens with zero attached hydrogens (tertiary/aromatic N) is 2. The van der Waals surface area contributed by atoms with E-state index in [4.69, 9.17) is 9.47 Å². The SMILES string of the molecule is CCCCn1ncc(NCCCOCCOC)c(Br)c1=O. The average Bonchev–Trinajstić information content (AvgIpc) is 2.49. The molecular formula is C14H24BrN3O3. The molecule has 1 N–H and O–H groups in total. The smallest absolute Gasteiger partial charge is 0.283 e. The number of anilines is 1. The molecule has 21 heavy (non-hydrogen) atoms. The van der Waals surface area contributed by atoms with Gasteiger partial charge in [0.2, 0.25) is 0 Å². The lowest BCUT2D eigenvalue weighted by molar-refractivity contribution is 0.0705. The van der Waals surface area contributed by atoms with Gasteiger partial charge in [0.25, 0.3) is 5.56 Å². The number of hydrogen-bond donors (Lipinski definition) is 1. The number of ether oxygens (including phenoxy) is 2. The van der Waals surface area contributed by atoms with Gasteiger partial charge in [0.05, 0.1) is 25.1 Å². The van der Waals surface area contributed by atoms with E-state index in [1.807, 2.05) is 0 Å². The molecule has 7 heteroatoms. The van der Waals surface area contributed by atoms with Crippen molar-refractivity contribution in [3.8, 4) is 0 Å². The number of unbranched alkanes of at least 4 members (excludes halogenated alkanes) is 1. The molecule has 0 aliphatic heterocycles. The van der Waals surface area contributed by atoms with Gasteiger partial charge in [-0.15, -0.1) is 0 Å². The van der Waals surface area contributed by atoms with E-state index in [1.165, 1.54) is 4.68 Å². The van der Waals surface area contributed by atoms with Crippen LogP contribution in [-0.2, 0) is 16.0 Å². The third-order valence-corrected chi connectivity index (χ3v) is 3.69. The van der Waals surface area contributed by atoms with Crippen molar-refractivity contribution in [3.63, 3.8) is 0 Å². The molecule has 1 heterocycles. The standard InChI is InChI=1S/C14H24BrN3O3/c1-3-4-7-18-14(19)13(15)12(11-17-18)16-6-5-8-21-10-9-20-2/h11,16H,3-10H2,1-2H3. The molecule has 0 radical (unpaired) electrons. The van der Waals surface area contributed by atoms with Gasteiger partial charge in [-0.3, -0.25) is 4.79 Å². The summed E-state index contributed by atoms with van der Waals surface area (Å²) in [7, 11) is 1.65. The Morgan fingerprint density at radius 1 is 1.33 bits per heavy atom. The van der Waals surface area contributed by atoms with Crippen LogP contribution >= 0.6 is 15.9 Å². The Morgan fingerprint density at radius 2 is 2.14 bits per heavy atom. The van der Waals surface area contributed by atoms with Crippen LogP contribution in [0.4, 0.5) is 5.69 Å². The van der Waals surface area contributed by atoms with Gasteiger partial charge >= 0.3 is 0 Å². The molecule has 0 fully saturated rings. The Bertz CT molecular complexity index is 465. The Kier molecular flexibility index (Phi) is 9.29. The summed E-state index contributed by atoms with van der Waals surface area (Å²) in [6.45, 7) is 5.35. The quantitative estimate of drug-likeness (QED) is 0.612. The molecule has 0 spiro atoms. The summed E-state index contributed by atoms with van der Waals surface area (Å²) >= 11 is 3.34. The van der Waals surface area contributed by atoms with E-state index in [2.05, 4.69) is 33.3 Å². The molecule has 0 saturated carbocycles. The van der Waals surface area contributed by atoms with E-state index < -0.39 is 0 Å². The van der Waals surface area contributed by atoms with E-state index in [0.717, 1.165) is 31.5 Å². The van der Waals surface area contributed by atoms with Gasteiger partial charge in [-0.1, -0.05) is 13.3 Å². The number of hydrogen-bond acceptors (Lipinski definition) is 5. The maximum absolute atomic E-state index is 12.1. The van der Waals surface area contributed by atoms with Gasteiger partial charge in [-0.25, -0.2) is 4.68 Å². The topological polar surface area (TPSA) is 65.4 Å². The van der Waals surface area contributed by atoms with Crippen LogP contribution in [0.2, 0.25) is 0 Å². The summed E-state index contributed by atoms with van der Waals surface area (Å²) in [6.07, 6.45) is 4.53. The summed E-state index contributed by atoms with van der Waals surface area (Å²) in [4.78, 5) is 12.1. The van der Waals surface area contributed by atoms with Crippen molar-refractivity contribution in [3.05, 3.63) is 21.0 Å². The minimum atomic E-state index is -0.0928. The Labute approximate surface area is 134 Å². The highest BCUT2D eigenvalue weighted by Crippen LogP contribution is 2.16. The predicted molar refractivity (Wildman–Crippen MR) is 86.9 cm³/mol. The van der Waals surface area contributed by atoms with Crippen molar-refractivity contribution in [2.24, 2.45) is 0 Å². The third kappa shape index (κ3) is 6.58. The molecule has 0 unspecified atom stereocenters. The molecule has 0 bridgehead atoms. The summed E-state index contributed by atoms with van der Waals surface area (Å²) in [5.74, 6) is 0. The van der Waals surface area contributed by atoms with E-state index in [-0.39, 0.29) is 5.56 Å². The van der Waals surface area contributed by atoms with Crippen molar-refractivity contribution < 1.29 is 9.47 Å². The van der Waals surface area contributed by atoms with E-state index >= 15 is 0 Å². The molecule has 0 atom stereocenters. The number of rotatable bonds is 11. The number of aryl methyl sites for hydroxylation is 1. The first-order chi connectivity index (χ1) is 10.2. The lowest BCUT2D eigenvalue weighted by atomic mass is 10.3. The van der Waals surface area contributed by atoms with Gasteiger partial charge in [-0.2, -0.15) is 5.10 Å². The summed E-state index contributed by atoms with van der Waals surface area (Å²) in [6, 6.07) is 0. The van der Waals surface area contributed by atoms with Crippen LogP contribution < -0.4 is 10.9 Å². The van der Waals surface area contributed by atoms with Crippen LogP contribution in [0.15, 0.2) is 15.5 Å². The number of halogens is 1. The van der Waals surface area contributed by atoms with Crippen molar-refractivity contribution in [2.45, 2.75) is 32.7 Å². The van der Waals surface area contributed by atoms with Gasteiger partial charge in [0.15, 0.2) is 0 Å². The maximum Gasteiger partial charge on any atom is 0.283 e. The number of aromatic nitrogens is 2.